The summed E-state index contributed by atoms with van der Waals surface area (Å²) in [6.07, 6.45) is 5.57. The van der Waals surface area contributed by atoms with Gasteiger partial charge in [-0.05, 0) is 125 Å². The van der Waals surface area contributed by atoms with Crippen LogP contribution in [-0.2, 0) is 16.3 Å². The van der Waals surface area contributed by atoms with Crippen LogP contribution in [0.2, 0.25) is 0 Å². The highest BCUT2D eigenvalue weighted by atomic mass is 32.2. The fourth-order valence-electron chi connectivity index (χ4n) is 10.9. The minimum absolute atomic E-state index is 0.199. The van der Waals surface area contributed by atoms with Crippen molar-refractivity contribution in [2.24, 2.45) is 29.6 Å². The molecule has 0 saturated heterocycles. The van der Waals surface area contributed by atoms with Gasteiger partial charge in [-0.15, -0.1) is 0 Å². The number of sulfone groups is 1. The largest absolute Gasteiger partial charge is 0.218 e. The molecule has 1 aliphatic heterocycles. The number of fused-ring (bicyclic) bond motifs is 4. The van der Waals surface area contributed by atoms with Crippen LogP contribution in [0.1, 0.15) is 42.7 Å². The highest BCUT2D eigenvalue weighted by Crippen LogP contribution is 2.66. The first-order valence-corrected chi connectivity index (χ1v) is 21.5. The molecule has 3 unspecified atom stereocenters. The van der Waals surface area contributed by atoms with E-state index in [2.05, 4.69) is 78.9 Å². The SMILES string of the molecule is O=S1(=O)c2ccccc2C[C@@H]2CC3CC4CC(c5cc(-c6nc(-c7ccc(-c8ccccc8)cc7)nc(-c7ccc(-c8ccccc8)cc7)n6)ccc51)[C@H](C2)[C@H]43. The lowest BCUT2D eigenvalue weighted by molar-refractivity contribution is -0.000154. The van der Waals surface area contributed by atoms with Crippen molar-refractivity contribution in [2.45, 2.75) is 47.8 Å². The molecular weight excluding hydrogens is 707 g/mol. The first kappa shape index (κ1) is 33.6. The lowest BCUT2D eigenvalue weighted by Crippen LogP contribution is -2.43. The van der Waals surface area contributed by atoms with Gasteiger partial charge in [0, 0.05) is 16.7 Å². The maximum Gasteiger partial charge on any atom is 0.207 e. The fourth-order valence-corrected chi connectivity index (χ4v) is 12.6. The summed E-state index contributed by atoms with van der Waals surface area (Å²) in [6.45, 7) is 0. The van der Waals surface area contributed by atoms with Crippen molar-refractivity contribution < 1.29 is 8.42 Å². The Morgan fingerprint density at radius 3 is 1.57 bits per heavy atom. The number of rotatable bonds is 5. The minimum Gasteiger partial charge on any atom is -0.218 e. The van der Waals surface area contributed by atoms with E-state index < -0.39 is 9.84 Å². The van der Waals surface area contributed by atoms with Crippen molar-refractivity contribution in [2.75, 3.05) is 0 Å². The molecule has 0 N–H and O–H groups in total. The zero-order valence-corrected chi connectivity index (χ0v) is 31.8. The Bertz CT molecular complexity index is 2610. The molecule has 1 aromatic heterocycles. The molecule has 2 heterocycles. The van der Waals surface area contributed by atoms with Gasteiger partial charge in [-0.2, -0.15) is 0 Å². The molecule has 7 aromatic rings. The van der Waals surface area contributed by atoms with Crippen LogP contribution in [0.25, 0.3) is 56.4 Å². The number of hydrogen-bond acceptors (Lipinski definition) is 5. The van der Waals surface area contributed by atoms with Gasteiger partial charge in [0.2, 0.25) is 9.84 Å². The van der Waals surface area contributed by atoms with E-state index in [0.717, 1.165) is 68.8 Å². The van der Waals surface area contributed by atoms with E-state index in [-0.39, 0.29) is 5.92 Å². The van der Waals surface area contributed by atoms with Gasteiger partial charge in [0.15, 0.2) is 17.5 Å². The maximum absolute atomic E-state index is 14.8. The van der Waals surface area contributed by atoms with Crippen LogP contribution in [0.3, 0.4) is 0 Å². The number of hydrogen-bond donors (Lipinski definition) is 0. The van der Waals surface area contributed by atoms with E-state index in [1.54, 1.807) is 0 Å². The van der Waals surface area contributed by atoms with E-state index in [1.165, 1.54) is 19.3 Å². The number of aromatic nitrogens is 3. The molecule has 6 heteroatoms. The Balaban J connectivity index is 1.06. The van der Waals surface area contributed by atoms with Crippen LogP contribution >= 0.6 is 0 Å². The first-order valence-electron chi connectivity index (χ1n) is 20.0. The minimum atomic E-state index is -3.77. The predicted molar refractivity (Wildman–Crippen MR) is 221 cm³/mol. The smallest absolute Gasteiger partial charge is 0.207 e. The summed E-state index contributed by atoms with van der Waals surface area (Å²) >= 11 is 0. The Labute approximate surface area is 328 Å². The average Bonchev–Trinajstić information content (AvgIpc) is 3.58. The normalized spacial score (nSPS) is 24.0. The van der Waals surface area contributed by atoms with Gasteiger partial charge in [-0.1, -0.05) is 127 Å². The maximum atomic E-state index is 14.8. The van der Waals surface area contributed by atoms with Crippen LogP contribution in [0, 0.1) is 29.6 Å². The molecule has 6 atom stereocenters. The van der Waals surface area contributed by atoms with E-state index >= 15 is 0 Å². The van der Waals surface area contributed by atoms with Gasteiger partial charge in [-0.25, -0.2) is 23.4 Å². The van der Waals surface area contributed by atoms with E-state index in [1.807, 2.05) is 72.8 Å². The summed E-state index contributed by atoms with van der Waals surface area (Å²) in [6, 6.07) is 51.1. The van der Waals surface area contributed by atoms with Crippen molar-refractivity contribution in [1.82, 2.24) is 15.0 Å². The van der Waals surface area contributed by atoms with Crippen molar-refractivity contribution in [3.05, 3.63) is 163 Å². The van der Waals surface area contributed by atoms with E-state index in [9.17, 15) is 8.42 Å². The van der Waals surface area contributed by atoms with Crippen molar-refractivity contribution >= 4 is 9.84 Å². The van der Waals surface area contributed by atoms with Gasteiger partial charge < -0.3 is 0 Å². The lowest BCUT2D eigenvalue weighted by atomic mass is 9.55. The zero-order chi connectivity index (χ0) is 37.4. The Morgan fingerprint density at radius 2 is 0.946 bits per heavy atom. The third kappa shape index (κ3) is 5.64. The summed E-state index contributed by atoms with van der Waals surface area (Å²) in [5.41, 5.74) is 9.04. The number of nitrogens with zero attached hydrogens (tertiary/aromatic N) is 3. The second-order valence-corrected chi connectivity index (χ2v) is 18.3. The van der Waals surface area contributed by atoms with Gasteiger partial charge in [0.25, 0.3) is 0 Å². The molecule has 3 saturated carbocycles. The van der Waals surface area contributed by atoms with E-state index in [0.29, 0.717) is 50.9 Å². The quantitative estimate of drug-likeness (QED) is 0.175. The van der Waals surface area contributed by atoms with Crippen LogP contribution < -0.4 is 0 Å². The van der Waals surface area contributed by atoms with Crippen molar-refractivity contribution in [1.29, 1.82) is 0 Å². The summed E-state index contributed by atoms with van der Waals surface area (Å²) < 4.78 is 29.5. The molecule has 3 aliphatic carbocycles. The van der Waals surface area contributed by atoms with Crippen LogP contribution in [-0.4, -0.2) is 23.4 Å². The average molecular weight is 748 g/mol. The summed E-state index contributed by atoms with van der Waals surface area (Å²) in [5, 5.41) is 0. The van der Waals surface area contributed by atoms with Crippen LogP contribution in [0.15, 0.2) is 161 Å². The second kappa shape index (κ2) is 13.2. The number of benzene rings is 6. The fraction of sp³-hybridized carbons (Fsp3) is 0.220. The molecule has 5 nitrogen and oxygen atoms in total. The molecule has 0 amide bonds. The monoisotopic (exact) mass is 747 g/mol. The van der Waals surface area contributed by atoms with Gasteiger partial charge in [0.05, 0.1) is 9.79 Å². The van der Waals surface area contributed by atoms with Crippen molar-refractivity contribution in [3.8, 4) is 56.4 Å². The van der Waals surface area contributed by atoms with E-state index in [4.69, 9.17) is 15.0 Å². The predicted octanol–water partition coefficient (Wildman–Crippen LogP) is 11.4. The molecule has 2 bridgehead atoms. The summed E-state index contributed by atoms with van der Waals surface area (Å²) in [4.78, 5) is 16.3. The summed E-state index contributed by atoms with van der Waals surface area (Å²) in [5.74, 6) is 5.07. The lowest BCUT2D eigenvalue weighted by Gasteiger charge is -2.50. The Hall–Kier alpha value is -5.72. The molecule has 274 valence electrons. The third-order valence-electron chi connectivity index (χ3n) is 13.4. The Morgan fingerprint density at radius 1 is 0.446 bits per heavy atom. The van der Waals surface area contributed by atoms with Crippen LogP contribution in [0.5, 0.6) is 0 Å². The topological polar surface area (TPSA) is 72.8 Å². The molecule has 56 heavy (non-hydrogen) atoms. The van der Waals surface area contributed by atoms with Crippen LogP contribution in [0.4, 0.5) is 0 Å². The third-order valence-corrected chi connectivity index (χ3v) is 15.3. The molecule has 0 spiro atoms. The molecule has 6 aromatic carbocycles. The molecule has 0 radical (unpaired) electrons. The van der Waals surface area contributed by atoms with Gasteiger partial charge >= 0.3 is 0 Å². The summed E-state index contributed by atoms with van der Waals surface area (Å²) in [7, 11) is -3.77. The second-order valence-electron chi connectivity index (χ2n) is 16.4. The first-order chi connectivity index (χ1) is 27.5. The standard InChI is InChI=1S/C50H41N3O2S/c54-56(55)45-14-8-7-13-38(45)25-31-26-40-28-41-30-42(44(27-31)47(40)41)43-29-39(23-24-46(43)56)50-52-48(36-19-15-34(16-20-36)32-9-3-1-4-10-32)51-49(53-50)37-21-17-35(18-22-37)33-11-5-2-6-12-33/h1-24,29,31,40-42,44,47H,25-28,30H2/t31-,40?,41?,42?,44+,47+/m1/s1. The zero-order valence-electron chi connectivity index (χ0n) is 31.0. The van der Waals surface area contributed by atoms with Gasteiger partial charge in [0.1, 0.15) is 0 Å². The molecular formula is C50H41N3O2S. The molecule has 11 rings (SSSR count). The highest BCUT2D eigenvalue weighted by Gasteiger charge is 2.57. The molecule has 4 aliphatic rings. The highest BCUT2D eigenvalue weighted by molar-refractivity contribution is 7.91. The molecule has 3 fully saturated rings. The Kier molecular flexibility index (Phi) is 7.92. The van der Waals surface area contributed by atoms with Gasteiger partial charge in [-0.3, -0.25) is 0 Å². The van der Waals surface area contributed by atoms with Crippen molar-refractivity contribution in [3.63, 3.8) is 0 Å².